The van der Waals surface area contributed by atoms with E-state index in [9.17, 15) is 9.59 Å². The van der Waals surface area contributed by atoms with Gasteiger partial charge in [-0.3, -0.25) is 19.9 Å². The van der Waals surface area contributed by atoms with E-state index in [1.54, 1.807) is 15.6 Å². The highest BCUT2D eigenvalue weighted by atomic mass is 16.2. The van der Waals surface area contributed by atoms with Crippen molar-refractivity contribution in [3.05, 3.63) is 66.0 Å². The van der Waals surface area contributed by atoms with Crippen LogP contribution in [0.2, 0.25) is 0 Å². The molecule has 7 heteroatoms. The number of urea groups is 1. The molecular weight excluding hydrogens is 390 g/mol. The van der Waals surface area contributed by atoms with Crippen LogP contribution in [0.4, 0.5) is 10.5 Å². The monoisotopic (exact) mass is 417 g/mol. The molecule has 5 rings (SSSR count). The van der Waals surface area contributed by atoms with Gasteiger partial charge < -0.3 is 0 Å². The predicted octanol–water partition coefficient (Wildman–Crippen LogP) is 3.24. The van der Waals surface area contributed by atoms with Crippen molar-refractivity contribution in [1.82, 2.24) is 19.8 Å². The second kappa shape index (κ2) is 8.51. The van der Waals surface area contributed by atoms with Crippen LogP contribution in [0, 0.1) is 5.92 Å². The fraction of sp³-hybridized carbons (Fsp3) is 0.375. The first-order valence-electron chi connectivity index (χ1n) is 11.0. The summed E-state index contributed by atoms with van der Waals surface area (Å²) in [5.41, 5.74) is 4.31. The lowest BCUT2D eigenvalue weighted by atomic mass is 9.90. The topological polar surface area (TPSA) is 70.0 Å². The molecule has 2 aliphatic rings. The molecule has 0 unspecified atom stereocenters. The molecule has 3 amide bonds. The van der Waals surface area contributed by atoms with Gasteiger partial charge in [-0.15, -0.1) is 0 Å². The first kappa shape index (κ1) is 19.8. The van der Waals surface area contributed by atoms with E-state index < -0.39 is 0 Å². The maximum atomic E-state index is 12.3. The summed E-state index contributed by atoms with van der Waals surface area (Å²) in [4.78, 5) is 27.9. The lowest BCUT2D eigenvalue weighted by Gasteiger charge is -2.32. The molecular formula is C24H27N5O2. The highest BCUT2D eigenvalue weighted by Gasteiger charge is 2.27. The SMILES string of the molecule is O=C1CCN(c2cnn3ccc(CC4CCN(Cc5ccccc5)CC4)cc23)C(=O)N1. The fourth-order valence-electron chi connectivity index (χ4n) is 4.66. The van der Waals surface area contributed by atoms with Crippen LogP contribution >= 0.6 is 0 Å². The van der Waals surface area contributed by atoms with Crippen molar-refractivity contribution in [1.29, 1.82) is 0 Å². The van der Waals surface area contributed by atoms with Gasteiger partial charge >= 0.3 is 6.03 Å². The molecule has 160 valence electrons. The van der Waals surface area contributed by atoms with Gasteiger partial charge in [0.15, 0.2) is 0 Å². The number of nitrogens with zero attached hydrogens (tertiary/aromatic N) is 4. The van der Waals surface area contributed by atoms with Crippen molar-refractivity contribution in [2.24, 2.45) is 5.92 Å². The van der Waals surface area contributed by atoms with Gasteiger partial charge in [-0.1, -0.05) is 30.3 Å². The van der Waals surface area contributed by atoms with E-state index in [4.69, 9.17) is 0 Å². The number of carbonyl (C=O) groups is 2. The van der Waals surface area contributed by atoms with E-state index in [1.165, 1.54) is 24.0 Å². The molecule has 7 nitrogen and oxygen atoms in total. The Morgan fingerprint density at radius 2 is 1.81 bits per heavy atom. The number of imide groups is 1. The van der Waals surface area contributed by atoms with Crippen LogP contribution < -0.4 is 10.2 Å². The van der Waals surface area contributed by atoms with Crippen molar-refractivity contribution < 1.29 is 9.59 Å². The fourth-order valence-corrected chi connectivity index (χ4v) is 4.66. The number of aromatic nitrogens is 2. The predicted molar refractivity (Wildman–Crippen MR) is 119 cm³/mol. The molecule has 31 heavy (non-hydrogen) atoms. The summed E-state index contributed by atoms with van der Waals surface area (Å²) in [6.45, 7) is 3.67. The van der Waals surface area contributed by atoms with E-state index in [0.717, 1.165) is 37.3 Å². The summed E-state index contributed by atoms with van der Waals surface area (Å²) in [5, 5.41) is 6.78. The maximum absolute atomic E-state index is 12.3. The maximum Gasteiger partial charge on any atom is 0.328 e. The zero-order valence-corrected chi connectivity index (χ0v) is 17.5. The molecule has 2 fully saturated rings. The quantitative estimate of drug-likeness (QED) is 0.692. The third kappa shape index (κ3) is 4.32. The van der Waals surface area contributed by atoms with E-state index in [1.807, 2.05) is 6.20 Å². The number of fused-ring (bicyclic) bond motifs is 1. The highest BCUT2D eigenvalue weighted by Crippen LogP contribution is 2.27. The second-order valence-electron chi connectivity index (χ2n) is 8.56. The Bertz CT molecular complexity index is 1090. The smallest absolute Gasteiger partial charge is 0.299 e. The molecule has 0 saturated carbocycles. The molecule has 2 aliphatic heterocycles. The first-order chi connectivity index (χ1) is 15.2. The van der Waals surface area contributed by atoms with Crippen molar-refractivity contribution in [2.75, 3.05) is 24.5 Å². The highest BCUT2D eigenvalue weighted by molar-refractivity contribution is 6.07. The minimum atomic E-state index is -0.373. The van der Waals surface area contributed by atoms with E-state index in [-0.39, 0.29) is 11.9 Å². The van der Waals surface area contributed by atoms with Gasteiger partial charge in [0.25, 0.3) is 0 Å². The summed E-state index contributed by atoms with van der Waals surface area (Å²) in [7, 11) is 0. The summed E-state index contributed by atoms with van der Waals surface area (Å²) in [5.74, 6) is 0.439. The van der Waals surface area contributed by atoms with Gasteiger partial charge in [0.1, 0.15) is 0 Å². The standard InChI is InChI=1S/C24H27N5O2/c30-23-9-12-28(24(31)26-23)22-16-25-29-13-8-20(15-21(22)29)14-18-6-10-27(11-7-18)17-19-4-2-1-3-5-19/h1-5,8,13,15-16,18H,6-7,9-12,14,17H2,(H,26,30,31). The molecule has 0 atom stereocenters. The zero-order valence-electron chi connectivity index (χ0n) is 17.5. The average molecular weight is 418 g/mol. The van der Waals surface area contributed by atoms with Crippen molar-refractivity contribution in [2.45, 2.75) is 32.2 Å². The van der Waals surface area contributed by atoms with Crippen LogP contribution in [0.3, 0.4) is 0 Å². The Morgan fingerprint density at radius 3 is 2.58 bits per heavy atom. The van der Waals surface area contributed by atoms with Crippen LogP contribution in [0.5, 0.6) is 0 Å². The Balaban J connectivity index is 1.24. The number of piperidine rings is 1. The third-order valence-electron chi connectivity index (χ3n) is 6.39. The third-order valence-corrected chi connectivity index (χ3v) is 6.39. The Kier molecular flexibility index (Phi) is 5.42. The van der Waals surface area contributed by atoms with Crippen LogP contribution in [-0.2, 0) is 17.8 Å². The summed E-state index contributed by atoms with van der Waals surface area (Å²) < 4.78 is 1.80. The van der Waals surface area contributed by atoms with Crippen molar-refractivity contribution >= 4 is 23.1 Å². The van der Waals surface area contributed by atoms with E-state index in [0.29, 0.717) is 18.9 Å². The zero-order chi connectivity index (χ0) is 21.2. The number of anilines is 1. The summed E-state index contributed by atoms with van der Waals surface area (Å²) >= 11 is 0. The molecule has 2 saturated heterocycles. The number of nitrogens with one attached hydrogen (secondary N) is 1. The Hall–Kier alpha value is -3.19. The first-order valence-corrected chi connectivity index (χ1v) is 11.0. The number of hydrogen-bond acceptors (Lipinski definition) is 4. The van der Waals surface area contributed by atoms with Gasteiger partial charge in [0.2, 0.25) is 5.91 Å². The Morgan fingerprint density at radius 1 is 1.00 bits per heavy atom. The molecule has 1 aromatic carbocycles. The normalized spacial score (nSPS) is 18.5. The molecule has 0 spiro atoms. The Labute approximate surface area is 181 Å². The van der Waals surface area contributed by atoms with Crippen LogP contribution in [0.1, 0.15) is 30.4 Å². The molecule has 3 aromatic rings. The van der Waals surface area contributed by atoms with Gasteiger partial charge in [-0.25, -0.2) is 9.31 Å². The number of carbonyl (C=O) groups excluding carboxylic acids is 2. The van der Waals surface area contributed by atoms with Gasteiger partial charge in [-0.2, -0.15) is 5.10 Å². The number of hydrogen-bond donors (Lipinski definition) is 1. The largest absolute Gasteiger partial charge is 0.328 e. The lowest BCUT2D eigenvalue weighted by molar-refractivity contribution is -0.120. The van der Waals surface area contributed by atoms with Crippen LogP contribution in [0.15, 0.2) is 54.9 Å². The van der Waals surface area contributed by atoms with Crippen molar-refractivity contribution in [3.8, 4) is 0 Å². The number of rotatable bonds is 5. The summed E-state index contributed by atoms with van der Waals surface area (Å²) in [6.07, 6.45) is 7.40. The number of amides is 3. The van der Waals surface area contributed by atoms with E-state index in [2.05, 4.69) is 57.8 Å². The number of likely N-dealkylation sites (tertiary alicyclic amines) is 1. The second-order valence-corrected chi connectivity index (χ2v) is 8.56. The molecule has 0 radical (unpaired) electrons. The van der Waals surface area contributed by atoms with Gasteiger partial charge in [0.05, 0.1) is 17.4 Å². The average Bonchev–Trinajstić information content (AvgIpc) is 3.19. The number of benzene rings is 1. The lowest BCUT2D eigenvalue weighted by Crippen LogP contribution is -2.49. The molecule has 0 bridgehead atoms. The van der Waals surface area contributed by atoms with E-state index >= 15 is 0 Å². The molecule has 4 heterocycles. The molecule has 2 aromatic heterocycles. The minimum Gasteiger partial charge on any atom is -0.299 e. The van der Waals surface area contributed by atoms with Gasteiger partial charge in [-0.05, 0) is 61.5 Å². The molecule has 0 aliphatic carbocycles. The van der Waals surface area contributed by atoms with Crippen LogP contribution in [-0.4, -0.2) is 46.1 Å². The minimum absolute atomic E-state index is 0.225. The molecule has 1 N–H and O–H groups in total. The van der Waals surface area contributed by atoms with Gasteiger partial charge in [0, 0.05) is 25.7 Å². The van der Waals surface area contributed by atoms with Crippen LogP contribution in [0.25, 0.3) is 5.52 Å². The van der Waals surface area contributed by atoms with Crippen molar-refractivity contribution in [3.63, 3.8) is 0 Å². The summed E-state index contributed by atoms with van der Waals surface area (Å²) in [6, 6.07) is 14.6. The number of pyridine rings is 1.